The number of aromatic nitrogens is 1. The molecule has 0 aliphatic carbocycles. The number of halogens is 10. The van der Waals surface area contributed by atoms with Crippen LogP contribution in [0.5, 0.6) is 5.75 Å². The molecule has 15 heteroatoms. The number of alkyl halides is 9. The molecule has 1 amide bonds. The highest BCUT2D eigenvalue weighted by molar-refractivity contribution is 6.34. The molecule has 1 aromatic heterocycles. The van der Waals surface area contributed by atoms with Crippen molar-refractivity contribution in [3.63, 3.8) is 0 Å². The number of nitrogens with one attached hydrogen (secondary N) is 1. The van der Waals surface area contributed by atoms with Gasteiger partial charge in [-0.15, -0.1) is 0 Å². The summed E-state index contributed by atoms with van der Waals surface area (Å²) >= 11 is 5.68. The molecule has 3 aromatic rings. The van der Waals surface area contributed by atoms with E-state index in [2.05, 4.69) is 4.74 Å². The molecule has 0 radical (unpaired) electrons. The third kappa shape index (κ3) is 4.88. The van der Waals surface area contributed by atoms with Crippen molar-refractivity contribution in [3.05, 3.63) is 70.0 Å². The molecule has 5 nitrogen and oxygen atoms in total. The van der Waals surface area contributed by atoms with Crippen LogP contribution < -0.4 is 14.8 Å². The summed E-state index contributed by atoms with van der Waals surface area (Å²) < 4.78 is 123. The smallest absolute Gasteiger partial charge is 0.435 e. The van der Waals surface area contributed by atoms with E-state index in [1.54, 1.807) is 0 Å². The lowest BCUT2D eigenvalue weighted by atomic mass is 9.93. The van der Waals surface area contributed by atoms with E-state index < -0.39 is 52.6 Å². The van der Waals surface area contributed by atoms with E-state index in [9.17, 15) is 49.5 Å². The quantitative estimate of drug-likeness (QED) is 0.239. The van der Waals surface area contributed by atoms with Gasteiger partial charge in [0.25, 0.3) is 5.91 Å². The predicted molar refractivity (Wildman–Crippen MR) is 104 cm³/mol. The lowest BCUT2D eigenvalue weighted by Crippen LogP contribution is -2.50. The molecule has 1 N–H and O–H groups in total. The Morgan fingerprint density at radius 1 is 1.00 bits per heavy atom. The van der Waals surface area contributed by atoms with E-state index in [0.717, 1.165) is 12.3 Å². The molecule has 0 aliphatic rings. The Hall–Kier alpha value is -3.42. The molecule has 3 rings (SSSR count). The SMILES string of the molecule is O=C(Nc1c(Cl)cc(C(F)(C(F)(F)F)C(F)(F)F)cc1OC(F)F)c1ccc2ccc[n+]([O-])c2c1. The Kier molecular flexibility index (Phi) is 6.72. The lowest BCUT2D eigenvalue weighted by Gasteiger charge is -2.31. The van der Waals surface area contributed by atoms with E-state index >= 15 is 0 Å². The molecule has 0 fully saturated rings. The number of carbonyl (C=O) groups excluding carboxylic acids is 1. The summed E-state index contributed by atoms with van der Waals surface area (Å²) in [5.41, 5.74) is -9.41. The van der Waals surface area contributed by atoms with E-state index in [0.29, 0.717) is 10.1 Å². The second kappa shape index (κ2) is 8.98. The third-order valence-electron chi connectivity index (χ3n) is 4.71. The van der Waals surface area contributed by atoms with E-state index in [1.165, 1.54) is 24.3 Å². The highest BCUT2D eigenvalue weighted by atomic mass is 35.5. The van der Waals surface area contributed by atoms with Crippen LogP contribution in [0.2, 0.25) is 5.02 Å². The third-order valence-corrected chi connectivity index (χ3v) is 5.01. The van der Waals surface area contributed by atoms with Crippen molar-refractivity contribution in [1.29, 1.82) is 0 Å². The summed E-state index contributed by atoms with van der Waals surface area (Å²) in [5.74, 6) is -2.62. The van der Waals surface area contributed by atoms with Crippen LogP contribution >= 0.6 is 11.6 Å². The molecule has 0 aliphatic heterocycles. The van der Waals surface area contributed by atoms with Crippen LogP contribution in [0.15, 0.2) is 48.7 Å². The van der Waals surface area contributed by atoms with Crippen molar-refractivity contribution in [2.45, 2.75) is 24.6 Å². The Bertz CT molecular complexity index is 1270. The van der Waals surface area contributed by atoms with Crippen LogP contribution in [0.1, 0.15) is 15.9 Å². The van der Waals surface area contributed by atoms with Crippen molar-refractivity contribution in [1.82, 2.24) is 0 Å². The highest BCUT2D eigenvalue weighted by Gasteiger charge is 2.73. The maximum Gasteiger partial charge on any atom is 0.435 e. The normalized spacial score (nSPS) is 12.8. The van der Waals surface area contributed by atoms with Crippen molar-refractivity contribution in [2.24, 2.45) is 0 Å². The summed E-state index contributed by atoms with van der Waals surface area (Å²) in [4.78, 5) is 12.6. The lowest BCUT2D eigenvalue weighted by molar-refractivity contribution is -0.577. The number of hydrogen-bond acceptors (Lipinski definition) is 3. The Labute approximate surface area is 194 Å². The fourth-order valence-electron chi connectivity index (χ4n) is 3.09. The first-order chi connectivity index (χ1) is 16.1. The van der Waals surface area contributed by atoms with Gasteiger partial charge < -0.3 is 15.3 Å². The first kappa shape index (κ1) is 26.2. The van der Waals surface area contributed by atoms with Crippen LogP contribution in [0.4, 0.5) is 45.2 Å². The Morgan fingerprint density at radius 3 is 2.20 bits per heavy atom. The number of anilines is 1. The number of benzene rings is 2. The molecule has 0 saturated heterocycles. The maximum atomic E-state index is 14.4. The number of fused-ring (bicyclic) bond motifs is 1. The van der Waals surface area contributed by atoms with Gasteiger partial charge in [0.15, 0.2) is 11.9 Å². The van der Waals surface area contributed by atoms with Gasteiger partial charge in [0.1, 0.15) is 5.69 Å². The van der Waals surface area contributed by atoms with Gasteiger partial charge >= 0.3 is 24.6 Å². The van der Waals surface area contributed by atoms with Gasteiger partial charge in [-0.3, -0.25) is 4.79 Å². The minimum Gasteiger partial charge on any atom is -0.618 e. The monoisotopic (exact) mass is 532 g/mol. The van der Waals surface area contributed by atoms with E-state index in [-0.39, 0.29) is 23.2 Å². The number of carbonyl (C=O) groups is 1. The fraction of sp³-hybridized carbons (Fsp3) is 0.200. The van der Waals surface area contributed by atoms with Crippen molar-refractivity contribution in [2.75, 3.05) is 5.32 Å². The van der Waals surface area contributed by atoms with Crippen LogP contribution in [0.25, 0.3) is 10.9 Å². The minimum absolute atomic E-state index is 0.00298. The topological polar surface area (TPSA) is 65.3 Å². The van der Waals surface area contributed by atoms with Crippen LogP contribution in [-0.2, 0) is 5.67 Å². The zero-order valence-corrected chi connectivity index (χ0v) is 17.4. The van der Waals surface area contributed by atoms with Gasteiger partial charge in [0, 0.05) is 28.6 Å². The number of ether oxygens (including phenoxy) is 1. The molecule has 0 atom stereocenters. The van der Waals surface area contributed by atoms with E-state index in [4.69, 9.17) is 11.6 Å². The first-order valence-electron chi connectivity index (χ1n) is 9.10. The summed E-state index contributed by atoms with van der Waals surface area (Å²) in [6, 6.07) is 6.13. The van der Waals surface area contributed by atoms with Crippen LogP contribution in [-0.4, -0.2) is 24.9 Å². The number of nitrogens with zero attached hydrogens (tertiary/aromatic N) is 1. The van der Waals surface area contributed by atoms with Gasteiger partial charge in [-0.25, -0.2) is 4.39 Å². The summed E-state index contributed by atoms with van der Waals surface area (Å²) in [7, 11) is 0. The number of pyridine rings is 1. The molecular weight excluding hydrogens is 523 g/mol. The molecule has 2 aromatic carbocycles. The zero-order chi connectivity index (χ0) is 26.3. The number of amides is 1. The van der Waals surface area contributed by atoms with Crippen molar-refractivity contribution in [3.8, 4) is 5.75 Å². The fourth-order valence-corrected chi connectivity index (χ4v) is 3.34. The number of hydrogen-bond donors (Lipinski definition) is 1. The van der Waals surface area contributed by atoms with Gasteiger partial charge in [-0.2, -0.15) is 39.9 Å². The van der Waals surface area contributed by atoms with Gasteiger partial charge in [0.05, 0.1) is 5.02 Å². The molecule has 0 spiro atoms. The van der Waals surface area contributed by atoms with Crippen LogP contribution in [0.3, 0.4) is 0 Å². The summed E-state index contributed by atoms with van der Waals surface area (Å²) in [5, 5.41) is 13.0. The molecular formula is C20H10ClF9N2O3. The minimum atomic E-state index is -6.56. The highest BCUT2D eigenvalue weighted by Crippen LogP contribution is 2.55. The van der Waals surface area contributed by atoms with Gasteiger partial charge in [0.2, 0.25) is 5.52 Å². The summed E-state index contributed by atoms with van der Waals surface area (Å²) in [6.07, 6.45) is -12.0. The molecule has 0 saturated carbocycles. The average molecular weight is 533 g/mol. The van der Waals surface area contributed by atoms with Crippen molar-refractivity contribution >= 4 is 34.1 Å². The zero-order valence-electron chi connectivity index (χ0n) is 16.6. The molecule has 0 unspecified atom stereocenters. The van der Waals surface area contributed by atoms with Gasteiger partial charge in [-0.1, -0.05) is 11.6 Å². The van der Waals surface area contributed by atoms with E-state index in [1.807, 2.05) is 5.32 Å². The molecule has 188 valence electrons. The van der Waals surface area contributed by atoms with Gasteiger partial charge in [-0.05, 0) is 30.3 Å². The standard InChI is InChI=1S/C20H10ClF9N2O3/c21-12-7-11(18(24,19(25,26)27)20(28,29)30)8-14(35-17(22)23)15(12)31-16(33)10-4-3-9-2-1-5-32(34)13(9)6-10/h1-8,17H,(H,31,33). The summed E-state index contributed by atoms with van der Waals surface area (Å²) in [6.45, 7) is -3.80. The second-order valence-electron chi connectivity index (χ2n) is 6.93. The van der Waals surface area contributed by atoms with Crippen molar-refractivity contribution < 1.29 is 53.8 Å². The maximum absolute atomic E-state index is 14.4. The average Bonchev–Trinajstić information content (AvgIpc) is 2.73. The van der Waals surface area contributed by atoms with Crippen LogP contribution in [0, 0.1) is 5.21 Å². The second-order valence-corrected chi connectivity index (χ2v) is 7.33. The Morgan fingerprint density at radius 2 is 1.63 bits per heavy atom. The molecule has 0 bridgehead atoms. The first-order valence-corrected chi connectivity index (χ1v) is 9.48. The molecule has 35 heavy (non-hydrogen) atoms. The Balaban J connectivity index is 2.10. The number of rotatable bonds is 5. The predicted octanol–water partition coefficient (Wildman–Crippen LogP) is 6.27. The largest absolute Gasteiger partial charge is 0.618 e. The molecule has 1 heterocycles.